The Kier molecular flexibility index (Phi) is 9.13. The Bertz CT molecular complexity index is 1710. The quantitative estimate of drug-likeness (QED) is 0.365. The summed E-state index contributed by atoms with van der Waals surface area (Å²) < 4.78 is 88.9. The Morgan fingerprint density at radius 3 is 2.35 bits per heavy atom. The monoisotopic (exact) mass is 733 g/mol. The van der Waals surface area contributed by atoms with Crippen LogP contribution < -0.4 is 15.4 Å². The van der Waals surface area contributed by atoms with Crippen molar-refractivity contribution in [3.63, 3.8) is 0 Å². The molecule has 8 rings (SSSR count). The van der Waals surface area contributed by atoms with E-state index >= 15 is 4.39 Å². The van der Waals surface area contributed by atoms with E-state index in [1.165, 1.54) is 18.3 Å². The van der Waals surface area contributed by atoms with Crippen LogP contribution in [-0.2, 0) is 19.1 Å². The largest absolute Gasteiger partial charge is 0.487 e. The third kappa shape index (κ3) is 6.96. The summed E-state index contributed by atoms with van der Waals surface area (Å²) in [5.74, 6) is -3.59. The van der Waals surface area contributed by atoms with Gasteiger partial charge in [-0.25, -0.2) is 8.78 Å². The first-order valence-electron chi connectivity index (χ1n) is 17.9. The summed E-state index contributed by atoms with van der Waals surface area (Å²) in [7, 11) is 0. The Hall–Kier alpha value is -3.89. The zero-order valence-corrected chi connectivity index (χ0v) is 28.3. The minimum Gasteiger partial charge on any atom is -0.487 e. The van der Waals surface area contributed by atoms with Crippen molar-refractivity contribution in [1.29, 1.82) is 0 Å². The molecule has 16 heteroatoms. The molecule has 5 heterocycles. The minimum atomic E-state index is -4.71. The van der Waals surface area contributed by atoms with Crippen LogP contribution in [0.25, 0.3) is 0 Å². The number of hydrogen-bond acceptors (Lipinski definition) is 8. The maximum absolute atomic E-state index is 16.1. The number of likely N-dealkylation sites (tertiary alicyclic amines) is 1. The van der Waals surface area contributed by atoms with Crippen LogP contribution in [0.3, 0.4) is 0 Å². The zero-order chi connectivity index (χ0) is 36.4. The van der Waals surface area contributed by atoms with Crippen LogP contribution in [0.2, 0.25) is 0 Å². The maximum Gasteiger partial charge on any atom is 0.416 e. The molecule has 6 aliphatic rings. The number of hydrogen-bond donors (Lipinski definition) is 2. The first kappa shape index (κ1) is 35.2. The molecule has 0 bridgehead atoms. The fraction of sp³-hybridized carbons (Fsp3) is 0.611. The van der Waals surface area contributed by atoms with Crippen molar-refractivity contribution in [3.05, 3.63) is 53.4 Å². The molecule has 3 saturated heterocycles. The van der Waals surface area contributed by atoms with Gasteiger partial charge in [-0.2, -0.15) is 13.2 Å². The molecule has 0 radical (unpaired) electrons. The number of fused-ring (bicyclic) bond motifs is 1. The zero-order valence-electron chi connectivity index (χ0n) is 28.3. The van der Waals surface area contributed by atoms with Crippen LogP contribution >= 0.6 is 0 Å². The number of pyridine rings is 1. The van der Waals surface area contributed by atoms with E-state index in [0.29, 0.717) is 39.1 Å². The van der Waals surface area contributed by atoms with E-state index in [2.05, 4.69) is 20.5 Å². The second-order valence-electron chi connectivity index (χ2n) is 15.0. The van der Waals surface area contributed by atoms with Crippen molar-refractivity contribution in [2.75, 3.05) is 44.8 Å². The van der Waals surface area contributed by atoms with Gasteiger partial charge in [0.15, 0.2) is 11.9 Å². The van der Waals surface area contributed by atoms with Crippen molar-refractivity contribution < 1.29 is 50.5 Å². The van der Waals surface area contributed by atoms with Gasteiger partial charge in [0.1, 0.15) is 29.8 Å². The molecular weight excluding hydrogens is 693 g/mol. The molecular formula is C36H40F5N5O6. The van der Waals surface area contributed by atoms with Crippen molar-refractivity contribution in [1.82, 2.24) is 20.1 Å². The van der Waals surface area contributed by atoms with Crippen molar-refractivity contribution in [2.24, 2.45) is 17.8 Å². The lowest BCUT2D eigenvalue weighted by Crippen LogP contribution is -2.59. The summed E-state index contributed by atoms with van der Waals surface area (Å²) in [5, 5.41) is 5.38. The summed E-state index contributed by atoms with van der Waals surface area (Å²) in [6.45, 7) is 0.972. The molecule has 2 aromatic rings. The number of carbonyl (C=O) groups excluding carboxylic acids is 3. The average Bonchev–Trinajstić information content (AvgIpc) is 4.02. The number of nitrogens with one attached hydrogen (secondary N) is 2. The molecule has 280 valence electrons. The van der Waals surface area contributed by atoms with Gasteiger partial charge in [0.05, 0.1) is 49.3 Å². The number of carbonyl (C=O) groups is 3. The van der Waals surface area contributed by atoms with Crippen molar-refractivity contribution in [2.45, 2.75) is 81.0 Å². The highest BCUT2D eigenvalue weighted by molar-refractivity contribution is 6.01. The smallest absolute Gasteiger partial charge is 0.416 e. The molecule has 4 aliphatic heterocycles. The van der Waals surface area contributed by atoms with Gasteiger partial charge in [-0.15, -0.1) is 0 Å². The lowest BCUT2D eigenvalue weighted by atomic mass is 9.79. The second-order valence-corrected chi connectivity index (χ2v) is 15.0. The molecule has 3 amide bonds. The lowest BCUT2D eigenvalue weighted by Gasteiger charge is -2.51. The van der Waals surface area contributed by atoms with Gasteiger partial charge in [-0.1, -0.05) is 0 Å². The summed E-state index contributed by atoms with van der Waals surface area (Å²) >= 11 is 0. The number of aromatic nitrogens is 1. The predicted molar refractivity (Wildman–Crippen MR) is 173 cm³/mol. The molecule has 1 aromatic carbocycles. The lowest BCUT2D eigenvalue weighted by molar-refractivity contribution is -0.238. The molecule has 11 nitrogen and oxygen atoms in total. The third-order valence-electron chi connectivity index (χ3n) is 11.6. The van der Waals surface area contributed by atoms with E-state index in [-0.39, 0.29) is 52.8 Å². The van der Waals surface area contributed by atoms with Gasteiger partial charge in [0, 0.05) is 37.3 Å². The number of rotatable bonds is 9. The number of anilines is 1. The number of alkyl halides is 3. The van der Waals surface area contributed by atoms with E-state index in [1.807, 2.05) is 0 Å². The number of ether oxygens (including phenoxy) is 3. The second kappa shape index (κ2) is 13.5. The third-order valence-corrected chi connectivity index (χ3v) is 11.6. The Morgan fingerprint density at radius 2 is 1.73 bits per heavy atom. The molecule has 5 fully saturated rings. The standard InChI is InChI=1S/C36H40F5N5O6/c37-24-11-23-27(46-15-29(36(39,40)41)51-18-30(46)47)13-35(6-9-45(10-7-35)21-16-50-17-21)52-28(23)12-26(24)43-34(49)32(31(19-1-2-19)20-3-4-20)44-33(48)22-5-8-42-14-25(22)38/h5,8,11-12,14,19-21,27,29,31-32H,1-4,6-7,9-10,13,15-18H2,(H,43,49)(H,44,48)/t27?,29?,32-/m0/s1. The molecule has 1 spiro atoms. The first-order valence-corrected chi connectivity index (χ1v) is 17.9. The molecule has 52 heavy (non-hydrogen) atoms. The molecule has 1 aromatic heterocycles. The van der Waals surface area contributed by atoms with Gasteiger partial charge in [-0.3, -0.25) is 24.3 Å². The minimum absolute atomic E-state index is 0.150. The molecule has 2 saturated carbocycles. The van der Waals surface area contributed by atoms with E-state index in [4.69, 9.17) is 14.2 Å². The van der Waals surface area contributed by atoms with Crippen molar-refractivity contribution >= 4 is 23.4 Å². The maximum atomic E-state index is 16.1. The van der Waals surface area contributed by atoms with E-state index in [0.717, 1.165) is 42.8 Å². The molecule has 3 atom stereocenters. The topological polar surface area (TPSA) is 122 Å². The van der Waals surface area contributed by atoms with Crippen LogP contribution in [0.1, 0.15) is 66.9 Å². The van der Waals surface area contributed by atoms with E-state index in [1.54, 1.807) is 0 Å². The van der Waals surface area contributed by atoms with Crippen LogP contribution in [0.5, 0.6) is 5.75 Å². The van der Waals surface area contributed by atoms with Crippen LogP contribution in [0.4, 0.5) is 27.6 Å². The highest BCUT2D eigenvalue weighted by atomic mass is 19.4. The van der Waals surface area contributed by atoms with Gasteiger partial charge in [-0.05, 0) is 68.4 Å². The normalized spacial score (nSPS) is 25.7. The van der Waals surface area contributed by atoms with Crippen molar-refractivity contribution in [3.8, 4) is 5.75 Å². The predicted octanol–water partition coefficient (Wildman–Crippen LogP) is 4.38. The summed E-state index contributed by atoms with van der Waals surface area (Å²) in [5.41, 5.74) is -1.20. The summed E-state index contributed by atoms with van der Waals surface area (Å²) in [4.78, 5) is 47.6. The highest BCUT2D eigenvalue weighted by Crippen LogP contribution is 2.52. The Labute approximate surface area is 296 Å². The average molecular weight is 734 g/mol. The fourth-order valence-electron chi connectivity index (χ4n) is 8.37. The van der Waals surface area contributed by atoms with Crippen LogP contribution in [0.15, 0.2) is 30.6 Å². The van der Waals surface area contributed by atoms with Gasteiger partial charge in [0.2, 0.25) is 11.8 Å². The first-order chi connectivity index (χ1) is 24.9. The SMILES string of the molecule is O=C(N[C@H](C(=O)Nc1cc2c(cc1F)C(N1CC(C(F)(F)F)OCC1=O)CC1(CCN(C3COC3)CC1)O2)C(C1CC1)C1CC1)c1ccncc1F. The Balaban J connectivity index is 1.10. The van der Waals surface area contributed by atoms with Gasteiger partial charge < -0.3 is 29.7 Å². The van der Waals surface area contributed by atoms with E-state index < -0.39 is 72.5 Å². The highest BCUT2D eigenvalue weighted by Gasteiger charge is 2.52. The summed E-state index contributed by atoms with van der Waals surface area (Å²) in [6.07, 6.45) is -0.0898. The van der Waals surface area contributed by atoms with Gasteiger partial charge >= 0.3 is 6.18 Å². The number of nitrogens with zero attached hydrogens (tertiary/aromatic N) is 3. The Morgan fingerprint density at radius 1 is 1.02 bits per heavy atom. The number of piperidine rings is 1. The number of benzene rings is 1. The number of halogens is 5. The van der Waals surface area contributed by atoms with Crippen LogP contribution in [-0.4, -0.2) is 102 Å². The van der Waals surface area contributed by atoms with E-state index in [9.17, 15) is 31.9 Å². The van der Waals surface area contributed by atoms with Gasteiger partial charge in [0.25, 0.3) is 5.91 Å². The number of morpholine rings is 1. The molecule has 2 aliphatic carbocycles. The molecule has 2 unspecified atom stereocenters. The fourth-order valence-corrected chi connectivity index (χ4v) is 8.37. The van der Waals surface area contributed by atoms with Crippen LogP contribution in [0, 0.1) is 29.4 Å². The summed E-state index contributed by atoms with van der Waals surface area (Å²) in [6, 6.07) is 1.87. The molecule has 2 N–H and O–H groups in total. The number of amides is 3.